The Morgan fingerprint density at radius 2 is 1.90 bits per heavy atom. The molecular formula is C16H29ClN2OS. The zero-order valence-electron chi connectivity index (χ0n) is 12.9. The van der Waals surface area contributed by atoms with E-state index in [1.807, 2.05) is 11.8 Å². The van der Waals surface area contributed by atoms with E-state index in [9.17, 15) is 4.79 Å². The van der Waals surface area contributed by atoms with Crippen molar-refractivity contribution in [2.75, 3.05) is 24.6 Å². The molecule has 5 heteroatoms. The van der Waals surface area contributed by atoms with Gasteiger partial charge >= 0.3 is 0 Å². The number of nitrogens with zero attached hydrogens (tertiary/aromatic N) is 1. The van der Waals surface area contributed by atoms with E-state index in [0.717, 1.165) is 31.2 Å². The molecule has 3 aliphatic rings. The van der Waals surface area contributed by atoms with Crippen LogP contribution in [0.2, 0.25) is 0 Å². The van der Waals surface area contributed by atoms with Crippen LogP contribution in [-0.4, -0.2) is 47.5 Å². The lowest BCUT2D eigenvalue weighted by Gasteiger charge is -2.32. The van der Waals surface area contributed by atoms with Crippen molar-refractivity contribution in [1.29, 1.82) is 0 Å². The van der Waals surface area contributed by atoms with E-state index in [4.69, 9.17) is 0 Å². The highest BCUT2D eigenvalue weighted by Gasteiger charge is 2.35. The Morgan fingerprint density at radius 3 is 2.52 bits per heavy atom. The summed E-state index contributed by atoms with van der Waals surface area (Å²) in [5.74, 6) is 3.49. The van der Waals surface area contributed by atoms with Gasteiger partial charge in [0.2, 0.25) is 5.91 Å². The van der Waals surface area contributed by atoms with Crippen LogP contribution in [-0.2, 0) is 4.79 Å². The highest BCUT2D eigenvalue weighted by atomic mass is 35.5. The van der Waals surface area contributed by atoms with E-state index in [2.05, 4.69) is 10.2 Å². The maximum absolute atomic E-state index is 12.6. The van der Waals surface area contributed by atoms with Crippen LogP contribution in [0.15, 0.2) is 0 Å². The van der Waals surface area contributed by atoms with Gasteiger partial charge in [-0.1, -0.05) is 19.3 Å². The van der Waals surface area contributed by atoms with Gasteiger partial charge < -0.3 is 10.2 Å². The summed E-state index contributed by atoms with van der Waals surface area (Å²) in [7, 11) is 0. The van der Waals surface area contributed by atoms with Gasteiger partial charge in [-0.25, -0.2) is 0 Å². The fourth-order valence-electron chi connectivity index (χ4n) is 3.57. The second-order valence-corrected chi connectivity index (χ2v) is 7.86. The highest BCUT2D eigenvalue weighted by Crippen LogP contribution is 2.32. The molecule has 2 saturated carbocycles. The number of rotatable bonds is 5. The van der Waals surface area contributed by atoms with Crippen molar-refractivity contribution in [1.82, 2.24) is 10.2 Å². The SMILES string of the molecule is Cl.O=C(CC1CSCCN1)N(CC1CCCCC1)C1CC1. The minimum absolute atomic E-state index is 0. The molecule has 3 fully saturated rings. The third-order valence-electron chi connectivity index (χ3n) is 4.91. The maximum atomic E-state index is 12.6. The Morgan fingerprint density at radius 1 is 1.14 bits per heavy atom. The minimum atomic E-state index is 0. The molecule has 3 nitrogen and oxygen atoms in total. The van der Waals surface area contributed by atoms with E-state index in [1.165, 1.54) is 50.7 Å². The molecule has 1 aliphatic heterocycles. The summed E-state index contributed by atoms with van der Waals surface area (Å²) in [6.45, 7) is 2.11. The number of hydrogen-bond donors (Lipinski definition) is 1. The van der Waals surface area contributed by atoms with Gasteiger partial charge in [0.15, 0.2) is 0 Å². The van der Waals surface area contributed by atoms with Crippen LogP contribution in [0.4, 0.5) is 0 Å². The number of amides is 1. The van der Waals surface area contributed by atoms with Crippen LogP contribution >= 0.6 is 24.2 Å². The summed E-state index contributed by atoms with van der Waals surface area (Å²) >= 11 is 1.98. The minimum Gasteiger partial charge on any atom is -0.339 e. The zero-order valence-corrected chi connectivity index (χ0v) is 14.5. The fourth-order valence-corrected chi connectivity index (χ4v) is 4.52. The molecule has 1 atom stereocenters. The van der Waals surface area contributed by atoms with Gasteiger partial charge in [0.1, 0.15) is 0 Å². The standard InChI is InChI=1S/C16H28N2OS.ClH/c19-16(10-14-12-20-9-8-17-14)18(15-6-7-15)11-13-4-2-1-3-5-13;/h13-15,17H,1-12H2;1H. The number of carbonyl (C=O) groups excluding carboxylic acids is 1. The third kappa shape index (κ3) is 5.33. The van der Waals surface area contributed by atoms with Gasteiger partial charge in [-0.2, -0.15) is 11.8 Å². The number of nitrogens with one attached hydrogen (secondary N) is 1. The summed E-state index contributed by atoms with van der Waals surface area (Å²) in [4.78, 5) is 14.9. The smallest absolute Gasteiger partial charge is 0.224 e. The Balaban J connectivity index is 0.00000161. The number of carbonyl (C=O) groups is 1. The lowest BCUT2D eigenvalue weighted by atomic mass is 9.89. The molecule has 0 bridgehead atoms. The molecule has 2 aliphatic carbocycles. The Bertz CT molecular complexity index is 326. The molecule has 1 saturated heterocycles. The van der Waals surface area contributed by atoms with Crippen molar-refractivity contribution in [2.24, 2.45) is 5.92 Å². The molecule has 0 aromatic rings. The molecule has 0 aromatic carbocycles. The first-order chi connectivity index (χ1) is 9.83. The average Bonchev–Trinajstić information content (AvgIpc) is 3.31. The summed E-state index contributed by atoms with van der Waals surface area (Å²) < 4.78 is 0. The molecular weight excluding hydrogens is 304 g/mol. The highest BCUT2D eigenvalue weighted by molar-refractivity contribution is 7.99. The van der Waals surface area contributed by atoms with Crippen LogP contribution in [0.5, 0.6) is 0 Å². The Labute approximate surface area is 139 Å². The molecule has 1 heterocycles. The molecule has 0 aromatic heterocycles. The van der Waals surface area contributed by atoms with Crippen molar-refractivity contribution in [2.45, 2.75) is 63.5 Å². The molecule has 1 amide bonds. The van der Waals surface area contributed by atoms with E-state index in [0.29, 0.717) is 18.0 Å². The molecule has 21 heavy (non-hydrogen) atoms. The van der Waals surface area contributed by atoms with Gasteiger partial charge in [-0.15, -0.1) is 12.4 Å². The Kier molecular flexibility index (Phi) is 7.17. The fraction of sp³-hybridized carbons (Fsp3) is 0.938. The summed E-state index contributed by atoms with van der Waals surface area (Å²) in [6, 6.07) is 0.995. The van der Waals surface area contributed by atoms with Gasteiger partial charge in [-0.3, -0.25) is 4.79 Å². The normalized spacial score (nSPS) is 27.0. The van der Waals surface area contributed by atoms with Crippen LogP contribution in [0.25, 0.3) is 0 Å². The van der Waals surface area contributed by atoms with E-state index in [1.54, 1.807) is 0 Å². The van der Waals surface area contributed by atoms with Crippen LogP contribution in [0, 0.1) is 5.92 Å². The van der Waals surface area contributed by atoms with Crippen molar-refractivity contribution in [3.8, 4) is 0 Å². The van der Waals surface area contributed by atoms with Gasteiger partial charge in [0.05, 0.1) is 0 Å². The van der Waals surface area contributed by atoms with Crippen LogP contribution in [0.3, 0.4) is 0 Å². The lowest BCUT2D eigenvalue weighted by molar-refractivity contribution is -0.133. The molecule has 0 spiro atoms. The second kappa shape index (κ2) is 8.64. The zero-order chi connectivity index (χ0) is 13.8. The summed E-state index contributed by atoms with van der Waals surface area (Å²) in [6.07, 6.45) is 10.0. The molecule has 0 radical (unpaired) electrons. The van der Waals surface area contributed by atoms with E-state index >= 15 is 0 Å². The van der Waals surface area contributed by atoms with E-state index < -0.39 is 0 Å². The van der Waals surface area contributed by atoms with Crippen molar-refractivity contribution < 1.29 is 4.79 Å². The summed E-state index contributed by atoms with van der Waals surface area (Å²) in [5, 5.41) is 3.50. The van der Waals surface area contributed by atoms with Crippen LogP contribution < -0.4 is 5.32 Å². The van der Waals surface area contributed by atoms with E-state index in [-0.39, 0.29) is 12.4 Å². The number of halogens is 1. The first-order valence-corrected chi connectivity index (χ1v) is 9.59. The van der Waals surface area contributed by atoms with Gasteiger partial charge in [0, 0.05) is 43.1 Å². The number of hydrogen-bond acceptors (Lipinski definition) is 3. The van der Waals surface area contributed by atoms with Gasteiger partial charge in [0.25, 0.3) is 0 Å². The molecule has 122 valence electrons. The predicted molar refractivity (Wildman–Crippen MR) is 92.3 cm³/mol. The topological polar surface area (TPSA) is 32.3 Å². The average molecular weight is 333 g/mol. The maximum Gasteiger partial charge on any atom is 0.224 e. The quantitative estimate of drug-likeness (QED) is 0.839. The summed E-state index contributed by atoms with van der Waals surface area (Å²) in [5.41, 5.74) is 0. The van der Waals surface area contributed by atoms with Crippen molar-refractivity contribution in [3.63, 3.8) is 0 Å². The predicted octanol–water partition coefficient (Wildman–Crippen LogP) is 3.07. The molecule has 1 N–H and O–H groups in total. The first kappa shape index (κ1) is 17.4. The number of thioether (sulfide) groups is 1. The molecule has 3 rings (SSSR count). The van der Waals surface area contributed by atoms with Crippen molar-refractivity contribution in [3.05, 3.63) is 0 Å². The first-order valence-electron chi connectivity index (χ1n) is 8.43. The second-order valence-electron chi connectivity index (χ2n) is 6.71. The lowest BCUT2D eigenvalue weighted by Crippen LogP contribution is -2.44. The largest absolute Gasteiger partial charge is 0.339 e. The Hall–Kier alpha value is 0.0700. The third-order valence-corrected chi connectivity index (χ3v) is 6.04. The monoisotopic (exact) mass is 332 g/mol. The van der Waals surface area contributed by atoms with Gasteiger partial charge in [-0.05, 0) is 31.6 Å². The van der Waals surface area contributed by atoms with Crippen LogP contribution in [0.1, 0.15) is 51.4 Å². The molecule has 1 unspecified atom stereocenters. The van der Waals surface area contributed by atoms with Crippen molar-refractivity contribution >= 4 is 30.1 Å².